The fourth-order valence-corrected chi connectivity index (χ4v) is 2.77. The molecular weight excluding hydrogens is 313 g/mol. The van der Waals surface area contributed by atoms with Crippen LogP contribution < -0.4 is 24.8 Å². The number of halogens is 2. The maximum absolute atomic E-state index is 2.30. The molecule has 74 valence electrons. The van der Waals surface area contributed by atoms with Crippen LogP contribution in [0.2, 0.25) is 0 Å². The average molecular weight is 324 g/mol. The topological polar surface area (TPSA) is 0 Å². The average Bonchev–Trinajstić information content (AvgIpc) is 2.38. The van der Waals surface area contributed by atoms with E-state index in [2.05, 4.69) is 32.9 Å². The van der Waals surface area contributed by atoms with E-state index < -0.39 is 0 Å². The van der Waals surface area contributed by atoms with Crippen LogP contribution in [0.5, 0.6) is 0 Å². The molecule has 2 aliphatic rings. The van der Waals surface area contributed by atoms with E-state index in [9.17, 15) is 0 Å². The van der Waals surface area contributed by atoms with Gasteiger partial charge in [-0.15, -0.1) is 0 Å². The van der Waals surface area contributed by atoms with E-state index in [1.165, 1.54) is 35.5 Å². The second-order valence-corrected chi connectivity index (χ2v) is 4.55. The van der Waals surface area contributed by atoms with Gasteiger partial charge < -0.3 is 24.8 Å². The Kier molecular flexibility index (Phi) is 7.94. The standard InChI is InChI=1S/C10H11P.2ClH.Zr/c1-6-4-7(2)10-9(6)5-8(3)11-10;;;/h4-5H,1-3H3;2*1H;/q;;;+2/p-2. The Morgan fingerprint density at radius 1 is 1.00 bits per heavy atom. The van der Waals surface area contributed by atoms with Gasteiger partial charge in [-0.3, -0.25) is 0 Å². The van der Waals surface area contributed by atoms with Crippen molar-refractivity contribution < 1.29 is 51.0 Å². The van der Waals surface area contributed by atoms with Gasteiger partial charge in [0, 0.05) is 5.31 Å². The summed E-state index contributed by atoms with van der Waals surface area (Å²) in [5, 5.41) is 3.00. The number of allylic oxidation sites excluding steroid dienone is 6. The van der Waals surface area contributed by atoms with Crippen LogP contribution in [0, 0.1) is 0 Å². The molecule has 0 aromatic heterocycles. The molecule has 0 bridgehead atoms. The molecule has 0 spiro atoms. The van der Waals surface area contributed by atoms with Crippen LogP contribution in [-0.4, -0.2) is 5.29 Å². The van der Waals surface area contributed by atoms with Gasteiger partial charge in [0.2, 0.25) is 0 Å². The van der Waals surface area contributed by atoms with Crippen LogP contribution in [0.3, 0.4) is 0 Å². The Morgan fingerprint density at radius 3 is 2.07 bits per heavy atom. The fourth-order valence-electron chi connectivity index (χ4n) is 1.62. The van der Waals surface area contributed by atoms with E-state index in [1.54, 1.807) is 0 Å². The van der Waals surface area contributed by atoms with Crippen molar-refractivity contribution in [1.29, 1.82) is 0 Å². The monoisotopic (exact) mass is 322 g/mol. The number of hydrogen-bond acceptors (Lipinski definition) is 0. The summed E-state index contributed by atoms with van der Waals surface area (Å²) >= 11 is 0. The van der Waals surface area contributed by atoms with Crippen molar-refractivity contribution >= 4 is 13.5 Å². The summed E-state index contributed by atoms with van der Waals surface area (Å²) in [6, 6.07) is 0. The van der Waals surface area contributed by atoms with Gasteiger partial charge in [-0.25, -0.2) is 0 Å². The van der Waals surface area contributed by atoms with Crippen LogP contribution in [0.25, 0.3) is 0 Å². The summed E-state index contributed by atoms with van der Waals surface area (Å²) < 4.78 is 0. The van der Waals surface area contributed by atoms with E-state index in [1.807, 2.05) is 0 Å². The maximum atomic E-state index is 2.30. The summed E-state index contributed by atoms with van der Waals surface area (Å²) in [5.74, 6) is 0. The van der Waals surface area contributed by atoms with Gasteiger partial charge in [0.05, 0.1) is 0 Å². The second-order valence-electron chi connectivity index (χ2n) is 3.17. The van der Waals surface area contributed by atoms with Gasteiger partial charge >= 0.3 is 26.2 Å². The SMILES string of the molecule is CC1=CC(C)=C2P=C(C)C=C12.[Cl-].[Cl-].[Zr+2]. The Labute approximate surface area is 119 Å². The van der Waals surface area contributed by atoms with Gasteiger partial charge in [-0.1, -0.05) is 14.3 Å². The zero-order chi connectivity index (χ0) is 8.01. The third-order valence-electron chi connectivity index (χ3n) is 2.13. The number of fused-ring (bicyclic) bond motifs is 1. The Hall–Kier alpha value is 0.853. The van der Waals surface area contributed by atoms with Gasteiger partial charge in [0.1, 0.15) is 0 Å². The molecular formula is C10H11Cl2PZr. The van der Waals surface area contributed by atoms with Crippen molar-refractivity contribution in [3.05, 3.63) is 34.2 Å². The Bertz CT molecular complexity index is 351. The summed E-state index contributed by atoms with van der Waals surface area (Å²) in [7, 11) is 1.42. The molecule has 14 heavy (non-hydrogen) atoms. The van der Waals surface area contributed by atoms with Crippen LogP contribution in [-0.2, 0) is 26.2 Å². The van der Waals surface area contributed by atoms with Gasteiger partial charge in [0.25, 0.3) is 0 Å². The molecule has 0 aromatic rings. The molecule has 0 saturated carbocycles. The largest absolute Gasteiger partial charge is 2.00 e. The summed E-state index contributed by atoms with van der Waals surface area (Å²) in [4.78, 5) is 0. The molecule has 0 atom stereocenters. The van der Waals surface area contributed by atoms with Gasteiger partial charge in [-0.05, 0) is 48.9 Å². The van der Waals surface area contributed by atoms with Crippen molar-refractivity contribution in [3.8, 4) is 0 Å². The van der Waals surface area contributed by atoms with E-state index in [-0.39, 0.29) is 51.0 Å². The summed E-state index contributed by atoms with van der Waals surface area (Å²) in [5.41, 5.74) is 4.36. The third kappa shape index (κ3) is 2.92. The third-order valence-corrected chi connectivity index (χ3v) is 3.43. The minimum Gasteiger partial charge on any atom is -1.00 e. The molecule has 2 rings (SSSR count). The zero-order valence-corrected chi connectivity index (χ0v) is 13.2. The molecule has 1 aliphatic carbocycles. The van der Waals surface area contributed by atoms with Gasteiger partial charge in [-0.2, -0.15) is 0 Å². The van der Waals surface area contributed by atoms with E-state index >= 15 is 0 Å². The molecule has 0 fully saturated rings. The Morgan fingerprint density at radius 2 is 1.57 bits per heavy atom. The quantitative estimate of drug-likeness (QED) is 0.426. The first kappa shape index (κ1) is 17.3. The van der Waals surface area contributed by atoms with Crippen LogP contribution in [0.15, 0.2) is 34.2 Å². The van der Waals surface area contributed by atoms with Crippen molar-refractivity contribution in [3.63, 3.8) is 0 Å². The smallest absolute Gasteiger partial charge is 1.00 e. The molecule has 0 aromatic carbocycles. The first-order valence-electron chi connectivity index (χ1n) is 3.85. The fraction of sp³-hybridized carbons (Fsp3) is 0.300. The van der Waals surface area contributed by atoms with E-state index in [0.29, 0.717) is 0 Å². The van der Waals surface area contributed by atoms with Crippen LogP contribution in [0.4, 0.5) is 0 Å². The molecule has 0 N–H and O–H groups in total. The van der Waals surface area contributed by atoms with Gasteiger partial charge in [0.15, 0.2) is 0 Å². The zero-order valence-electron chi connectivity index (χ0n) is 8.36. The molecule has 0 unspecified atom stereocenters. The molecule has 4 heteroatoms. The summed E-state index contributed by atoms with van der Waals surface area (Å²) in [6.45, 7) is 6.59. The number of rotatable bonds is 0. The maximum Gasteiger partial charge on any atom is 2.00 e. The predicted molar refractivity (Wildman–Crippen MR) is 52.1 cm³/mol. The minimum atomic E-state index is 0. The van der Waals surface area contributed by atoms with E-state index in [4.69, 9.17) is 0 Å². The minimum absolute atomic E-state index is 0. The van der Waals surface area contributed by atoms with Crippen molar-refractivity contribution in [2.24, 2.45) is 0 Å². The van der Waals surface area contributed by atoms with Crippen molar-refractivity contribution in [2.45, 2.75) is 20.8 Å². The van der Waals surface area contributed by atoms with Crippen molar-refractivity contribution in [1.82, 2.24) is 0 Å². The molecule has 0 amide bonds. The molecule has 1 aliphatic heterocycles. The first-order valence-corrected chi connectivity index (χ1v) is 4.75. The Balaban J connectivity index is 0. The van der Waals surface area contributed by atoms with E-state index in [0.717, 1.165) is 0 Å². The number of hydrogen-bond donors (Lipinski definition) is 0. The summed E-state index contributed by atoms with van der Waals surface area (Å²) in [6.07, 6.45) is 4.58. The molecule has 0 nitrogen and oxygen atoms in total. The van der Waals surface area contributed by atoms with Crippen LogP contribution in [0.1, 0.15) is 20.8 Å². The van der Waals surface area contributed by atoms with Crippen molar-refractivity contribution in [2.75, 3.05) is 0 Å². The molecule has 1 heterocycles. The molecule has 0 radical (unpaired) electrons. The first-order chi connectivity index (χ1) is 5.18. The normalized spacial score (nSPS) is 18.1. The molecule has 0 saturated heterocycles. The van der Waals surface area contributed by atoms with Crippen LogP contribution >= 0.6 is 8.20 Å². The second kappa shape index (κ2) is 6.44. The predicted octanol–water partition coefficient (Wildman–Crippen LogP) is -2.70.